The Hall–Kier alpha value is -0.910. The highest BCUT2D eigenvalue weighted by atomic mass is 32.1. The molecule has 1 aromatic heterocycles. The number of carboxylic acids is 1. The summed E-state index contributed by atoms with van der Waals surface area (Å²) < 4.78 is 0. The van der Waals surface area contributed by atoms with Gasteiger partial charge in [0.1, 0.15) is 6.04 Å². The summed E-state index contributed by atoms with van der Waals surface area (Å²) >= 11 is 1.54. The second-order valence-electron chi connectivity index (χ2n) is 6.20. The average molecular weight is 310 g/mol. The van der Waals surface area contributed by atoms with Gasteiger partial charge in [0.2, 0.25) is 0 Å². The predicted molar refractivity (Wildman–Crippen MR) is 86.8 cm³/mol. The molecule has 2 rings (SSSR count). The Kier molecular flexibility index (Phi) is 5.79. The number of carbonyl (C=O) groups is 1. The minimum absolute atomic E-state index is 0.461. The first-order chi connectivity index (χ1) is 10.0. The number of hydrogen-bond acceptors (Lipinski definition) is 4. The zero-order chi connectivity index (χ0) is 15.4. The summed E-state index contributed by atoms with van der Waals surface area (Å²) in [5.41, 5.74) is 0. The molecule has 0 radical (unpaired) electrons. The first-order valence-electron chi connectivity index (χ1n) is 7.77. The summed E-state index contributed by atoms with van der Waals surface area (Å²) in [6.07, 6.45) is 1.07. The average Bonchev–Trinajstić information content (AvgIpc) is 2.93. The Bertz CT molecular complexity index is 447. The second kappa shape index (κ2) is 7.38. The Morgan fingerprint density at radius 1 is 1.48 bits per heavy atom. The normalized spacial score (nSPS) is 22.6. The van der Waals surface area contributed by atoms with E-state index in [1.807, 2.05) is 17.5 Å². The molecule has 118 valence electrons. The van der Waals surface area contributed by atoms with Gasteiger partial charge in [-0.1, -0.05) is 26.8 Å². The van der Waals surface area contributed by atoms with Gasteiger partial charge in [0.05, 0.1) is 0 Å². The third-order valence-electron chi connectivity index (χ3n) is 4.12. The maximum atomic E-state index is 11.7. The van der Waals surface area contributed by atoms with Gasteiger partial charge in [-0.05, 0) is 23.8 Å². The maximum Gasteiger partial charge on any atom is 0.326 e. The molecule has 5 heteroatoms. The first kappa shape index (κ1) is 16.5. The molecule has 1 fully saturated rings. The second-order valence-corrected chi connectivity index (χ2v) is 7.18. The molecule has 0 saturated carbocycles. The topological polar surface area (TPSA) is 43.8 Å². The molecule has 4 nitrogen and oxygen atoms in total. The molecule has 0 aliphatic carbocycles. The van der Waals surface area contributed by atoms with Crippen molar-refractivity contribution in [2.75, 3.05) is 26.2 Å². The van der Waals surface area contributed by atoms with Crippen LogP contribution in [0.4, 0.5) is 0 Å². The Morgan fingerprint density at radius 3 is 2.76 bits per heavy atom. The van der Waals surface area contributed by atoms with Crippen LogP contribution in [0.2, 0.25) is 0 Å². The van der Waals surface area contributed by atoms with E-state index < -0.39 is 12.0 Å². The van der Waals surface area contributed by atoms with Gasteiger partial charge in [0.15, 0.2) is 0 Å². The molecule has 2 unspecified atom stereocenters. The lowest BCUT2D eigenvalue weighted by atomic mass is 10.0. The minimum atomic E-state index is -0.732. The zero-order valence-electron chi connectivity index (χ0n) is 13.2. The largest absolute Gasteiger partial charge is 0.480 e. The number of rotatable bonds is 6. The molecular formula is C16H26N2O2S. The smallest absolute Gasteiger partial charge is 0.326 e. The third-order valence-corrected chi connectivity index (χ3v) is 5.04. The van der Waals surface area contributed by atoms with Gasteiger partial charge in [0, 0.05) is 37.1 Å². The van der Waals surface area contributed by atoms with Crippen LogP contribution in [0.5, 0.6) is 0 Å². The van der Waals surface area contributed by atoms with Gasteiger partial charge in [-0.15, -0.1) is 11.3 Å². The van der Waals surface area contributed by atoms with Gasteiger partial charge in [-0.25, -0.2) is 0 Å². The van der Waals surface area contributed by atoms with Crippen molar-refractivity contribution in [2.45, 2.75) is 39.3 Å². The summed E-state index contributed by atoms with van der Waals surface area (Å²) in [5.74, 6) is -0.0808. The number of piperazine rings is 1. The molecule has 2 heterocycles. The molecule has 0 bridgehead atoms. The lowest BCUT2D eigenvalue weighted by molar-refractivity contribution is -0.145. The first-order valence-corrected chi connectivity index (χ1v) is 8.65. The highest BCUT2D eigenvalue weighted by molar-refractivity contribution is 7.10. The van der Waals surface area contributed by atoms with Crippen molar-refractivity contribution in [3.05, 3.63) is 22.4 Å². The van der Waals surface area contributed by atoms with Crippen LogP contribution in [-0.2, 0) is 4.79 Å². The molecule has 1 saturated heterocycles. The van der Waals surface area contributed by atoms with Gasteiger partial charge in [-0.3, -0.25) is 14.6 Å². The van der Waals surface area contributed by atoms with E-state index in [9.17, 15) is 9.90 Å². The van der Waals surface area contributed by atoms with E-state index in [1.54, 1.807) is 0 Å². The van der Waals surface area contributed by atoms with Crippen LogP contribution in [0.1, 0.15) is 38.1 Å². The van der Waals surface area contributed by atoms with Gasteiger partial charge < -0.3 is 5.11 Å². The van der Waals surface area contributed by atoms with Crippen LogP contribution in [0.15, 0.2) is 17.5 Å². The highest BCUT2D eigenvalue weighted by Crippen LogP contribution is 2.28. The van der Waals surface area contributed by atoms with Crippen LogP contribution in [0.25, 0.3) is 0 Å². The van der Waals surface area contributed by atoms with Crippen molar-refractivity contribution in [1.29, 1.82) is 0 Å². The Morgan fingerprint density at radius 2 is 2.24 bits per heavy atom. The van der Waals surface area contributed by atoms with Crippen molar-refractivity contribution < 1.29 is 9.90 Å². The lowest BCUT2D eigenvalue weighted by Gasteiger charge is -2.43. The number of nitrogens with zero attached hydrogens (tertiary/aromatic N) is 2. The van der Waals surface area contributed by atoms with Crippen LogP contribution >= 0.6 is 11.3 Å². The molecule has 1 aromatic rings. The van der Waals surface area contributed by atoms with Crippen molar-refractivity contribution >= 4 is 17.3 Å². The van der Waals surface area contributed by atoms with E-state index in [-0.39, 0.29) is 0 Å². The molecule has 21 heavy (non-hydrogen) atoms. The van der Waals surface area contributed by atoms with E-state index >= 15 is 0 Å². The number of aliphatic carboxylic acids is 1. The standard InChI is InChI=1S/C16H26N2O2S/c1-4-13-11-18(8-7-17(13)10-12(2)3)15(16(19)20)14-6-5-9-21-14/h5-6,9,12-13,15H,4,7-8,10-11H2,1-3H3,(H,19,20). The van der Waals surface area contributed by atoms with E-state index in [0.29, 0.717) is 12.0 Å². The molecule has 0 aromatic carbocycles. The van der Waals surface area contributed by atoms with Crippen LogP contribution in [0, 0.1) is 5.92 Å². The lowest BCUT2D eigenvalue weighted by Crippen LogP contribution is -2.55. The zero-order valence-corrected chi connectivity index (χ0v) is 14.0. The van der Waals surface area contributed by atoms with E-state index in [0.717, 1.165) is 37.5 Å². The monoisotopic (exact) mass is 310 g/mol. The molecule has 1 N–H and O–H groups in total. The minimum Gasteiger partial charge on any atom is -0.480 e. The van der Waals surface area contributed by atoms with Crippen LogP contribution in [0.3, 0.4) is 0 Å². The Balaban J connectivity index is 2.09. The molecular weight excluding hydrogens is 284 g/mol. The molecule has 2 atom stereocenters. The van der Waals surface area contributed by atoms with Gasteiger partial charge in [0.25, 0.3) is 0 Å². The molecule has 1 aliphatic rings. The summed E-state index contributed by atoms with van der Waals surface area (Å²) in [4.78, 5) is 17.3. The fourth-order valence-corrected chi connectivity index (χ4v) is 4.00. The summed E-state index contributed by atoms with van der Waals surface area (Å²) in [7, 11) is 0. The number of carboxylic acid groups (broad SMARTS) is 1. The summed E-state index contributed by atoms with van der Waals surface area (Å²) in [6, 6.07) is 3.84. The van der Waals surface area contributed by atoms with Crippen molar-refractivity contribution in [2.24, 2.45) is 5.92 Å². The molecule has 0 amide bonds. The quantitative estimate of drug-likeness (QED) is 0.877. The maximum absolute atomic E-state index is 11.7. The predicted octanol–water partition coefficient (Wildman–Crippen LogP) is 2.93. The van der Waals surface area contributed by atoms with Crippen LogP contribution < -0.4 is 0 Å². The highest BCUT2D eigenvalue weighted by Gasteiger charge is 2.34. The van der Waals surface area contributed by atoms with Gasteiger partial charge >= 0.3 is 5.97 Å². The fourth-order valence-electron chi connectivity index (χ4n) is 3.15. The van der Waals surface area contributed by atoms with E-state index in [2.05, 4.69) is 30.6 Å². The van der Waals surface area contributed by atoms with E-state index in [4.69, 9.17) is 0 Å². The van der Waals surface area contributed by atoms with Gasteiger partial charge in [-0.2, -0.15) is 0 Å². The SMILES string of the molecule is CCC1CN(C(C(=O)O)c2cccs2)CCN1CC(C)C. The number of hydrogen-bond donors (Lipinski definition) is 1. The van der Waals surface area contributed by atoms with Crippen molar-refractivity contribution in [3.8, 4) is 0 Å². The van der Waals surface area contributed by atoms with Crippen molar-refractivity contribution in [1.82, 2.24) is 9.80 Å². The summed E-state index contributed by atoms with van der Waals surface area (Å²) in [6.45, 7) is 10.4. The van der Waals surface area contributed by atoms with Crippen molar-refractivity contribution in [3.63, 3.8) is 0 Å². The Labute approximate surface area is 131 Å². The third kappa shape index (κ3) is 4.05. The van der Waals surface area contributed by atoms with E-state index in [1.165, 1.54) is 11.3 Å². The summed E-state index contributed by atoms with van der Waals surface area (Å²) in [5, 5.41) is 11.6. The fraction of sp³-hybridized carbons (Fsp3) is 0.688. The molecule has 1 aliphatic heterocycles. The number of thiophene rings is 1. The molecule has 0 spiro atoms. The van der Waals surface area contributed by atoms with Crippen LogP contribution in [-0.4, -0.2) is 53.1 Å².